The van der Waals surface area contributed by atoms with E-state index in [4.69, 9.17) is 9.47 Å². The van der Waals surface area contributed by atoms with Crippen molar-refractivity contribution in [1.82, 2.24) is 0 Å². The first-order valence-corrected chi connectivity index (χ1v) is 10.2. The summed E-state index contributed by atoms with van der Waals surface area (Å²) < 4.78 is 11.8. The first-order chi connectivity index (χ1) is 11.9. The Balaban J connectivity index is 1.49. The molecule has 4 heteroatoms. The van der Waals surface area contributed by atoms with Gasteiger partial charge in [-0.25, -0.2) is 0 Å². The normalized spacial score (nSPS) is 50.1. The SMILES string of the molecule is C=C1CCC[C@@]2(C)C[C@@H]3OC(=O)[C@@H](C[NH+]4C[C@H](C)O[C@@H](C)C4)[C@H]3C[C@H]12. The Kier molecular flexibility index (Phi) is 4.48. The van der Waals surface area contributed by atoms with Crippen LogP contribution in [0.15, 0.2) is 12.2 Å². The Labute approximate surface area is 151 Å². The van der Waals surface area contributed by atoms with Crippen molar-refractivity contribution in [1.29, 1.82) is 0 Å². The maximum Gasteiger partial charge on any atom is 0.315 e. The van der Waals surface area contributed by atoms with Crippen LogP contribution in [0.3, 0.4) is 0 Å². The summed E-state index contributed by atoms with van der Waals surface area (Å²) in [7, 11) is 0. The minimum Gasteiger partial charge on any atom is -0.462 e. The van der Waals surface area contributed by atoms with Crippen molar-refractivity contribution < 1.29 is 19.2 Å². The maximum atomic E-state index is 12.7. The fraction of sp³-hybridized carbons (Fsp3) is 0.857. The molecule has 0 aromatic heterocycles. The standard InChI is InChI=1S/C21H33NO3/c1-13-6-5-7-21(4)9-19-16(8-18(13)21)17(20(23)25-19)12-22-10-14(2)24-15(3)11-22/h14-19H,1,5-12H2,2-4H3/p+1/t14-,15-,16+,17-,18+,19-,21-/m0/s1. The fourth-order valence-corrected chi connectivity index (χ4v) is 6.36. The van der Waals surface area contributed by atoms with Crippen molar-refractivity contribution in [2.24, 2.45) is 23.2 Å². The second-order valence-electron chi connectivity index (χ2n) is 9.52. The summed E-state index contributed by atoms with van der Waals surface area (Å²) in [5, 5.41) is 0. The Bertz CT molecular complexity index is 551. The molecular weight excluding hydrogens is 314 g/mol. The zero-order chi connectivity index (χ0) is 17.8. The molecule has 2 saturated heterocycles. The van der Waals surface area contributed by atoms with Gasteiger partial charge in [0.15, 0.2) is 0 Å². The number of morpholine rings is 1. The minimum absolute atomic E-state index is 0.0576. The van der Waals surface area contributed by atoms with E-state index in [0.29, 0.717) is 17.3 Å². The van der Waals surface area contributed by atoms with Crippen LogP contribution in [0.1, 0.15) is 52.9 Å². The van der Waals surface area contributed by atoms with Gasteiger partial charge in [-0.3, -0.25) is 4.79 Å². The zero-order valence-electron chi connectivity index (χ0n) is 16.1. The lowest BCUT2D eigenvalue weighted by Crippen LogP contribution is -3.16. The van der Waals surface area contributed by atoms with Gasteiger partial charge in [0, 0.05) is 5.92 Å². The van der Waals surface area contributed by atoms with Gasteiger partial charge >= 0.3 is 5.97 Å². The second-order valence-corrected chi connectivity index (χ2v) is 9.52. The summed E-state index contributed by atoms with van der Waals surface area (Å²) >= 11 is 0. The van der Waals surface area contributed by atoms with Crippen LogP contribution in [0.5, 0.6) is 0 Å². The largest absolute Gasteiger partial charge is 0.462 e. The van der Waals surface area contributed by atoms with E-state index >= 15 is 0 Å². The topological polar surface area (TPSA) is 40.0 Å². The van der Waals surface area contributed by atoms with E-state index in [1.54, 1.807) is 0 Å². The van der Waals surface area contributed by atoms with E-state index in [0.717, 1.165) is 32.5 Å². The number of rotatable bonds is 2. The predicted octanol–water partition coefficient (Wildman–Crippen LogP) is 1.99. The Morgan fingerprint density at radius 3 is 2.72 bits per heavy atom. The number of allylic oxidation sites excluding steroid dienone is 1. The number of hydrogen-bond donors (Lipinski definition) is 1. The van der Waals surface area contributed by atoms with Gasteiger partial charge in [0.25, 0.3) is 0 Å². The average Bonchev–Trinajstić information content (AvgIpc) is 2.79. The summed E-state index contributed by atoms with van der Waals surface area (Å²) in [6.45, 7) is 14.0. The maximum absolute atomic E-state index is 12.7. The van der Waals surface area contributed by atoms with Crippen LogP contribution < -0.4 is 4.90 Å². The summed E-state index contributed by atoms with van der Waals surface area (Å²) in [6.07, 6.45) is 6.50. The third-order valence-electron chi connectivity index (χ3n) is 7.45. The molecule has 7 atom stereocenters. The van der Waals surface area contributed by atoms with Gasteiger partial charge in [-0.2, -0.15) is 0 Å². The molecule has 0 amide bonds. The number of quaternary nitrogens is 1. The van der Waals surface area contributed by atoms with Crippen molar-refractivity contribution in [2.45, 2.75) is 71.2 Å². The lowest BCUT2D eigenvalue weighted by molar-refractivity contribution is -0.917. The molecule has 2 aliphatic carbocycles. The van der Waals surface area contributed by atoms with E-state index in [2.05, 4.69) is 27.4 Å². The molecule has 4 nitrogen and oxygen atoms in total. The molecule has 25 heavy (non-hydrogen) atoms. The highest BCUT2D eigenvalue weighted by Gasteiger charge is 2.56. The number of carbonyl (C=O) groups excluding carboxylic acids is 1. The first kappa shape index (κ1) is 17.5. The van der Waals surface area contributed by atoms with Crippen molar-refractivity contribution in [3.63, 3.8) is 0 Å². The molecule has 2 heterocycles. The van der Waals surface area contributed by atoms with E-state index in [-0.39, 0.29) is 30.2 Å². The Hall–Kier alpha value is -0.870. The highest BCUT2D eigenvalue weighted by molar-refractivity contribution is 5.75. The van der Waals surface area contributed by atoms with Gasteiger partial charge in [-0.05, 0) is 57.3 Å². The van der Waals surface area contributed by atoms with Crippen LogP contribution >= 0.6 is 0 Å². The molecule has 0 aromatic carbocycles. The van der Waals surface area contributed by atoms with Crippen LogP contribution in [0.4, 0.5) is 0 Å². The van der Waals surface area contributed by atoms with Crippen molar-refractivity contribution in [3.8, 4) is 0 Å². The highest BCUT2D eigenvalue weighted by atomic mass is 16.6. The Morgan fingerprint density at radius 2 is 2.00 bits per heavy atom. The lowest BCUT2D eigenvalue weighted by Gasteiger charge is -2.50. The number of carbonyl (C=O) groups is 1. The van der Waals surface area contributed by atoms with E-state index in [1.165, 1.54) is 29.7 Å². The number of nitrogens with one attached hydrogen (secondary N) is 1. The smallest absolute Gasteiger partial charge is 0.315 e. The molecule has 4 aliphatic rings. The summed E-state index contributed by atoms with van der Waals surface area (Å²) in [4.78, 5) is 14.2. The second kappa shape index (κ2) is 6.38. The minimum atomic E-state index is 0.0576. The molecule has 140 valence electrons. The molecule has 0 spiro atoms. The number of esters is 1. The zero-order valence-corrected chi connectivity index (χ0v) is 16.1. The predicted molar refractivity (Wildman–Crippen MR) is 96.3 cm³/mol. The van der Waals surface area contributed by atoms with Crippen LogP contribution in [0.2, 0.25) is 0 Å². The summed E-state index contributed by atoms with van der Waals surface area (Å²) in [5.41, 5.74) is 1.71. The Morgan fingerprint density at radius 1 is 1.28 bits per heavy atom. The van der Waals surface area contributed by atoms with Gasteiger partial charge in [0.05, 0.1) is 6.54 Å². The van der Waals surface area contributed by atoms with Gasteiger partial charge < -0.3 is 14.4 Å². The van der Waals surface area contributed by atoms with E-state index in [1.807, 2.05) is 0 Å². The molecule has 2 saturated carbocycles. The van der Waals surface area contributed by atoms with E-state index in [9.17, 15) is 4.79 Å². The molecule has 0 unspecified atom stereocenters. The van der Waals surface area contributed by atoms with E-state index < -0.39 is 0 Å². The lowest BCUT2D eigenvalue weighted by atomic mass is 9.55. The molecule has 4 fully saturated rings. The highest BCUT2D eigenvalue weighted by Crippen LogP contribution is 2.56. The van der Waals surface area contributed by atoms with Crippen LogP contribution in [0, 0.1) is 23.2 Å². The molecule has 0 radical (unpaired) electrons. The van der Waals surface area contributed by atoms with Gasteiger partial charge in [-0.15, -0.1) is 0 Å². The van der Waals surface area contributed by atoms with Crippen molar-refractivity contribution >= 4 is 5.97 Å². The van der Waals surface area contributed by atoms with Crippen LogP contribution in [0.25, 0.3) is 0 Å². The van der Waals surface area contributed by atoms with Crippen LogP contribution in [-0.2, 0) is 14.3 Å². The average molecular weight is 349 g/mol. The monoisotopic (exact) mass is 348 g/mol. The van der Waals surface area contributed by atoms with Gasteiger partial charge in [0.2, 0.25) is 0 Å². The molecular formula is C21H34NO3+. The molecule has 0 aromatic rings. The first-order valence-electron chi connectivity index (χ1n) is 10.2. The number of hydrogen-bond acceptors (Lipinski definition) is 3. The quantitative estimate of drug-likeness (QED) is 0.613. The molecule has 4 rings (SSSR count). The third-order valence-corrected chi connectivity index (χ3v) is 7.45. The molecule has 0 bridgehead atoms. The van der Waals surface area contributed by atoms with Gasteiger partial charge in [-0.1, -0.05) is 19.1 Å². The number of fused-ring (bicyclic) bond motifs is 2. The molecule has 2 aliphatic heterocycles. The molecule has 1 N–H and O–H groups in total. The fourth-order valence-electron chi connectivity index (χ4n) is 6.36. The third kappa shape index (κ3) is 3.16. The van der Waals surface area contributed by atoms with Crippen LogP contribution in [-0.4, -0.2) is 43.9 Å². The summed E-state index contributed by atoms with van der Waals surface area (Å²) in [6, 6.07) is 0. The van der Waals surface area contributed by atoms with Crippen molar-refractivity contribution in [3.05, 3.63) is 12.2 Å². The van der Waals surface area contributed by atoms with Crippen molar-refractivity contribution in [2.75, 3.05) is 19.6 Å². The van der Waals surface area contributed by atoms with Gasteiger partial charge in [0.1, 0.15) is 37.3 Å². The number of ether oxygens (including phenoxy) is 2. The summed E-state index contributed by atoms with van der Waals surface area (Å²) in [5.74, 6) is 1.09.